The molecule has 0 rings (SSSR count). The van der Waals surface area contributed by atoms with Crippen molar-refractivity contribution in [1.82, 2.24) is 4.90 Å². The summed E-state index contributed by atoms with van der Waals surface area (Å²) in [6.07, 6.45) is 1.13. The highest BCUT2D eigenvalue weighted by molar-refractivity contribution is 4.87. The lowest BCUT2D eigenvalue weighted by molar-refractivity contribution is 0.0786. The summed E-state index contributed by atoms with van der Waals surface area (Å²) in [7, 11) is 0. The first-order valence-electron chi connectivity index (χ1n) is 6.30. The maximum absolute atomic E-state index is 5.93. The first-order chi connectivity index (χ1) is 6.85. The molecule has 2 N–H and O–H groups in total. The molecule has 0 aromatic heterocycles. The van der Waals surface area contributed by atoms with Gasteiger partial charge in [0.25, 0.3) is 0 Å². The zero-order valence-electron chi connectivity index (χ0n) is 11.5. The van der Waals surface area contributed by atoms with Crippen molar-refractivity contribution in [2.75, 3.05) is 19.6 Å². The van der Waals surface area contributed by atoms with E-state index >= 15 is 0 Å². The molecule has 0 aromatic rings. The average molecular weight is 214 g/mol. The Bertz CT molecular complexity index is 150. The van der Waals surface area contributed by atoms with Gasteiger partial charge in [0.1, 0.15) is 0 Å². The molecule has 2 nitrogen and oxygen atoms in total. The van der Waals surface area contributed by atoms with Gasteiger partial charge < -0.3 is 5.73 Å². The molecule has 0 aliphatic rings. The van der Waals surface area contributed by atoms with Crippen molar-refractivity contribution in [1.29, 1.82) is 0 Å². The van der Waals surface area contributed by atoms with Gasteiger partial charge in [-0.2, -0.15) is 0 Å². The molecule has 15 heavy (non-hydrogen) atoms. The van der Waals surface area contributed by atoms with Crippen molar-refractivity contribution in [2.45, 2.75) is 53.5 Å². The summed E-state index contributed by atoms with van der Waals surface area (Å²) in [5, 5.41) is 0. The lowest BCUT2D eigenvalue weighted by Crippen LogP contribution is -2.53. The molecule has 1 atom stereocenters. The molecule has 0 radical (unpaired) electrons. The van der Waals surface area contributed by atoms with Gasteiger partial charge in [0.05, 0.1) is 0 Å². The van der Waals surface area contributed by atoms with E-state index in [4.69, 9.17) is 5.73 Å². The minimum atomic E-state index is 0.175. The molecule has 92 valence electrons. The third kappa shape index (κ3) is 4.98. The normalized spacial score (nSPS) is 16.4. The molecule has 0 amide bonds. The monoisotopic (exact) mass is 214 g/mol. The fourth-order valence-corrected chi connectivity index (χ4v) is 1.89. The van der Waals surface area contributed by atoms with E-state index in [1.54, 1.807) is 0 Å². The molecule has 2 heteroatoms. The summed E-state index contributed by atoms with van der Waals surface area (Å²) in [6, 6.07) is 0. The Morgan fingerprint density at radius 3 is 1.67 bits per heavy atom. The van der Waals surface area contributed by atoms with Crippen LogP contribution in [-0.4, -0.2) is 30.1 Å². The van der Waals surface area contributed by atoms with Crippen LogP contribution in [0.15, 0.2) is 0 Å². The maximum Gasteiger partial charge on any atom is 0.0301 e. The van der Waals surface area contributed by atoms with Crippen LogP contribution >= 0.6 is 0 Å². The lowest BCUT2D eigenvalue weighted by atomic mass is 9.94. The van der Waals surface area contributed by atoms with Gasteiger partial charge in [-0.3, -0.25) is 4.90 Å². The molecular weight excluding hydrogens is 184 g/mol. The highest BCUT2D eigenvalue weighted by Gasteiger charge is 2.29. The number of rotatable bonds is 7. The first-order valence-corrected chi connectivity index (χ1v) is 6.30. The van der Waals surface area contributed by atoms with Crippen LogP contribution in [0, 0.1) is 11.8 Å². The predicted molar refractivity (Wildman–Crippen MR) is 69.0 cm³/mol. The van der Waals surface area contributed by atoms with Gasteiger partial charge in [0.15, 0.2) is 0 Å². The SMILES string of the molecule is CCC(C)(CN)N(CC(C)C)CC(C)C. The predicted octanol–water partition coefficient (Wildman–Crippen LogP) is 2.73. The van der Waals surface area contributed by atoms with Crippen LogP contribution in [-0.2, 0) is 0 Å². The third-order valence-electron chi connectivity index (χ3n) is 3.14. The molecule has 0 fully saturated rings. The molecule has 0 saturated heterocycles. The number of nitrogens with two attached hydrogens (primary N) is 1. The summed E-state index contributed by atoms with van der Waals surface area (Å²) in [4.78, 5) is 2.57. The van der Waals surface area contributed by atoms with Crippen molar-refractivity contribution in [3.05, 3.63) is 0 Å². The van der Waals surface area contributed by atoms with Crippen LogP contribution in [0.5, 0.6) is 0 Å². The second-order valence-corrected chi connectivity index (χ2v) is 5.75. The quantitative estimate of drug-likeness (QED) is 0.706. The lowest BCUT2D eigenvalue weighted by Gasteiger charge is -2.42. The molecule has 0 bridgehead atoms. The topological polar surface area (TPSA) is 29.3 Å². The van der Waals surface area contributed by atoms with Gasteiger partial charge >= 0.3 is 0 Å². The molecule has 1 unspecified atom stereocenters. The Morgan fingerprint density at radius 2 is 1.47 bits per heavy atom. The maximum atomic E-state index is 5.93. The Hall–Kier alpha value is -0.0800. The zero-order valence-corrected chi connectivity index (χ0v) is 11.5. The Labute approximate surface area is 96.2 Å². The summed E-state index contributed by atoms with van der Waals surface area (Å²) in [5.74, 6) is 1.42. The minimum absolute atomic E-state index is 0.175. The highest BCUT2D eigenvalue weighted by atomic mass is 15.2. The second-order valence-electron chi connectivity index (χ2n) is 5.75. The van der Waals surface area contributed by atoms with Crippen molar-refractivity contribution in [3.8, 4) is 0 Å². The van der Waals surface area contributed by atoms with Gasteiger partial charge in [-0.1, -0.05) is 34.6 Å². The van der Waals surface area contributed by atoms with Gasteiger partial charge in [-0.15, -0.1) is 0 Å². The fraction of sp³-hybridized carbons (Fsp3) is 1.00. The molecule has 0 spiro atoms. The van der Waals surface area contributed by atoms with E-state index in [0.717, 1.165) is 26.1 Å². The van der Waals surface area contributed by atoms with E-state index < -0.39 is 0 Å². The molecule has 0 aliphatic heterocycles. The van der Waals surface area contributed by atoms with E-state index in [1.807, 2.05) is 0 Å². The largest absolute Gasteiger partial charge is 0.329 e. The van der Waals surface area contributed by atoms with Crippen LogP contribution in [0.1, 0.15) is 48.0 Å². The second kappa shape index (κ2) is 6.49. The minimum Gasteiger partial charge on any atom is -0.329 e. The summed E-state index contributed by atoms with van der Waals surface area (Å²) < 4.78 is 0. The van der Waals surface area contributed by atoms with Crippen LogP contribution in [0.25, 0.3) is 0 Å². The Kier molecular flexibility index (Phi) is 6.46. The van der Waals surface area contributed by atoms with Crippen LogP contribution in [0.3, 0.4) is 0 Å². The fourth-order valence-electron chi connectivity index (χ4n) is 1.89. The summed E-state index contributed by atoms with van der Waals surface area (Å²) >= 11 is 0. The van der Waals surface area contributed by atoms with E-state index in [0.29, 0.717) is 11.8 Å². The number of hydrogen-bond donors (Lipinski definition) is 1. The van der Waals surface area contributed by atoms with Crippen molar-refractivity contribution < 1.29 is 0 Å². The molecular formula is C13H30N2. The van der Waals surface area contributed by atoms with E-state index in [1.165, 1.54) is 0 Å². The standard InChI is InChI=1S/C13H30N2/c1-7-13(6,10-14)15(8-11(2)3)9-12(4)5/h11-12H,7-10,14H2,1-6H3. The highest BCUT2D eigenvalue weighted by Crippen LogP contribution is 2.21. The molecule has 0 heterocycles. The van der Waals surface area contributed by atoms with Crippen molar-refractivity contribution in [2.24, 2.45) is 17.6 Å². The summed E-state index contributed by atoms with van der Waals surface area (Å²) in [6.45, 7) is 16.7. The van der Waals surface area contributed by atoms with Crippen LogP contribution < -0.4 is 5.73 Å². The first kappa shape index (κ1) is 14.9. The van der Waals surface area contributed by atoms with E-state index in [-0.39, 0.29) is 5.54 Å². The van der Waals surface area contributed by atoms with Gasteiger partial charge in [0, 0.05) is 25.2 Å². The van der Waals surface area contributed by atoms with E-state index in [2.05, 4.69) is 46.4 Å². The van der Waals surface area contributed by atoms with Crippen LogP contribution in [0.2, 0.25) is 0 Å². The third-order valence-corrected chi connectivity index (χ3v) is 3.14. The smallest absolute Gasteiger partial charge is 0.0301 e. The zero-order chi connectivity index (χ0) is 12.1. The van der Waals surface area contributed by atoms with E-state index in [9.17, 15) is 0 Å². The number of hydrogen-bond acceptors (Lipinski definition) is 2. The number of nitrogens with zero attached hydrogens (tertiary/aromatic N) is 1. The Balaban J connectivity index is 4.58. The van der Waals surface area contributed by atoms with Crippen molar-refractivity contribution >= 4 is 0 Å². The van der Waals surface area contributed by atoms with Gasteiger partial charge in [-0.05, 0) is 25.2 Å². The summed E-state index contributed by atoms with van der Waals surface area (Å²) in [5.41, 5.74) is 6.10. The van der Waals surface area contributed by atoms with Gasteiger partial charge in [0.2, 0.25) is 0 Å². The average Bonchev–Trinajstić information content (AvgIpc) is 2.14. The van der Waals surface area contributed by atoms with Crippen molar-refractivity contribution in [3.63, 3.8) is 0 Å². The molecule has 0 saturated carbocycles. The molecule has 0 aliphatic carbocycles. The van der Waals surface area contributed by atoms with Gasteiger partial charge in [-0.25, -0.2) is 0 Å². The molecule has 0 aromatic carbocycles. The van der Waals surface area contributed by atoms with Crippen LogP contribution in [0.4, 0.5) is 0 Å². The Morgan fingerprint density at radius 1 is 1.07 bits per heavy atom.